The van der Waals surface area contributed by atoms with E-state index in [1.54, 1.807) is 0 Å². The summed E-state index contributed by atoms with van der Waals surface area (Å²) in [6, 6.07) is -0.607. The number of nitrogens with one attached hydrogen (secondary N) is 2. The van der Waals surface area contributed by atoms with Gasteiger partial charge in [-0.25, -0.2) is 4.79 Å². The van der Waals surface area contributed by atoms with Gasteiger partial charge in [0.05, 0.1) is 12.0 Å². The molecular formula is C14H24N2O5. The van der Waals surface area contributed by atoms with Gasteiger partial charge in [0.15, 0.2) is 0 Å². The van der Waals surface area contributed by atoms with Crippen molar-refractivity contribution in [1.82, 2.24) is 10.6 Å². The summed E-state index contributed by atoms with van der Waals surface area (Å²) in [6.45, 7) is 4.70. The largest absolute Gasteiger partial charge is 0.481 e. The Kier molecular flexibility index (Phi) is 6.61. The van der Waals surface area contributed by atoms with Gasteiger partial charge in [0.1, 0.15) is 0 Å². The molecule has 1 heterocycles. The predicted molar refractivity (Wildman–Crippen MR) is 75.8 cm³/mol. The number of rotatable bonds is 6. The van der Waals surface area contributed by atoms with Crippen LogP contribution in [-0.4, -0.2) is 41.3 Å². The lowest BCUT2D eigenvalue weighted by atomic mass is 9.86. The summed E-state index contributed by atoms with van der Waals surface area (Å²) < 4.78 is 5.82. The maximum atomic E-state index is 11.7. The van der Waals surface area contributed by atoms with Gasteiger partial charge < -0.3 is 15.2 Å². The van der Waals surface area contributed by atoms with Gasteiger partial charge in [-0.15, -0.1) is 0 Å². The highest BCUT2D eigenvalue weighted by molar-refractivity contribution is 5.95. The Morgan fingerprint density at radius 2 is 1.90 bits per heavy atom. The molecule has 1 saturated heterocycles. The highest BCUT2D eigenvalue weighted by atomic mass is 16.5. The second-order valence-corrected chi connectivity index (χ2v) is 5.34. The fourth-order valence-corrected chi connectivity index (χ4v) is 2.52. The number of carboxylic acid groups (broad SMARTS) is 1. The number of carboxylic acids is 1. The summed E-state index contributed by atoms with van der Waals surface area (Å²) in [5.41, 5.74) is -0.205. The van der Waals surface area contributed by atoms with Crippen LogP contribution >= 0.6 is 0 Å². The van der Waals surface area contributed by atoms with Crippen LogP contribution in [0.25, 0.3) is 0 Å². The molecule has 1 unspecified atom stereocenters. The van der Waals surface area contributed by atoms with E-state index in [1.165, 1.54) is 0 Å². The molecule has 3 amide bonds. The van der Waals surface area contributed by atoms with Gasteiger partial charge in [-0.2, -0.15) is 0 Å². The normalized spacial score (nSPS) is 20.6. The van der Waals surface area contributed by atoms with Crippen LogP contribution in [0.3, 0.4) is 0 Å². The zero-order valence-corrected chi connectivity index (χ0v) is 12.6. The molecule has 3 N–H and O–H groups in total. The van der Waals surface area contributed by atoms with Gasteiger partial charge >= 0.3 is 12.0 Å². The topological polar surface area (TPSA) is 105 Å². The maximum Gasteiger partial charge on any atom is 0.321 e. The number of urea groups is 1. The number of amides is 3. The molecule has 0 radical (unpaired) electrons. The number of ether oxygens (including phenoxy) is 1. The average Bonchev–Trinajstić information content (AvgIpc) is 2.45. The van der Waals surface area contributed by atoms with E-state index in [0.29, 0.717) is 13.0 Å². The van der Waals surface area contributed by atoms with Crippen LogP contribution in [0.2, 0.25) is 0 Å². The van der Waals surface area contributed by atoms with Gasteiger partial charge in [-0.3, -0.25) is 14.9 Å². The number of carbonyl (C=O) groups is 3. The van der Waals surface area contributed by atoms with E-state index in [0.717, 1.165) is 19.3 Å². The molecule has 7 nitrogen and oxygen atoms in total. The zero-order valence-electron chi connectivity index (χ0n) is 12.6. The van der Waals surface area contributed by atoms with Gasteiger partial charge in [0, 0.05) is 19.1 Å². The molecule has 0 saturated carbocycles. The zero-order chi connectivity index (χ0) is 15.9. The number of carbonyl (C=O) groups excluding carboxylic acids is 2. The SMILES string of the molecule is CCC1(CC)CC(NC(=O)NC(=O)CCC(=O)O)CCO1. The summed E-state index contributed by atoms with van der Waals surface area (Å²) in [4.78, 5) is 33.5. The van der Waals surface area contributed by atoms with Gasteiger partial charge in [-0.1, -0.05) is 13.8 Å². The third-order valence-electron chi connectivity index (χ3n) is 3.94. The first kappa shape index (κ1) is 17.4. The Balaban J connectivity index is 2.40. The fraction of sp³-hybridized carbons (Fsp3) is 0.786. The number of imide groups is 1. The van der Waals surface area contributed by atoms with Crippen LogP contribution in [0.15, 0.2) is 0 Å². The van der Waals surface area contributed by atoms with Crippen molar-refractivity contribution in [3.8, 4) is 0 Å². The molecule has 1 aliphatic rings. The molecule has 120 valence electrons. The third-order valence-corrected chi connectivity index (χ3v) is 3.94. The van der Waals surface area contributed by atoms with Crippen molar-refractivity contribution in [2.75, 3.05) is 6.61 Å². The Labute approximate surface area is 124 Å². The number of aliphatic carboxylic acids is 1. The summed E-state index contributed by atoms with van der Waals surface area (Å²) in [7, 11) is 0. The molecule has 0 aromatic heterocycles. The molecule has 0 spiro atoms. The van der Waals surface area contributed by atoms with Gasteiger partial charge in [-0.05, 0) is 25.7 Å². The lowest BCUT2D eigenvalue weighted by Gasteiger charge is -2.40. The molecule has 1 atom stereocenters. The second-order valence-electron chi connectivity index (χ2n) is 5.34. The standard InChI is InChI=1S/C14H24N2O5/c1-3-14(4-2)9-10(7-8-21-14)15-13(20)16-11(17)5-6-12(18)19/h10H,3-9H2,1-2H3,(H,18,19)(H2,15,16,17,20). The Bertz CT molecular complexity index is 393. The van der Waals surface area contributed by atoms with E-state index in [9.17, 15) is 14.4 Å². The average molecular weight is 300 g/mol. The molecule has 0 aliphatic carbocycles. The highest BCUT2D eigenvalue weighted by Crippen LogP contribution is 2.31. The van der Waals surface area contributed by atoms with Crippen molar-refractivity contribution in [2.24, 2.45) is 0 Å². The molecule has 1 aliphatic heterocycles. The Morgan fingerprint density at radius 1 is 1.24 bits per heavy atom. The Hall–Kier alpha value is -1.63. The molecule has 0 aromatic carbocycles. The molecular weight excluding hydrogens is 276 g/mol. The molecule has 1 rings (SSSR count). The summed E-state index contributed by atoms with van der Waals surface area (Å²) in [5.74, 6) is -1.65. The molecule has 0 bridgehead atoms. The monoisotopic (exact) mass is 300 g/mol. The minimum atomic E-state index is -1.06. The van der Waals surface area contributed by atoms with Crippen LogP contribution in [0.4, 0.5) is 4.79 Å². The lowest BCUT2D eigenvalue weighted by molar-refractivity contribution is -0.138. The van der Waals surface area contributed by atoms with E-state index < -0.39 is 17.9 Å². The van der Waals surface area contributed by atoms with E-state index in [2.05, 4.69) is 24.5 Å². The first-order chi connectivity index (χ1) is 9.90. The molecule has 7 heteroatoms. The molecule has 21 heavy (non-hydrogen) atoms. The van der Waals surface area contributed by atoms with E-state index in [4.69, 9.17) is 9.84 Å². The maximum absolute atomic E-state index is 11.7. The highest BCUT2D eigenvalue weighted by Gasteiger charge is 2.35. The summed E-state index contributed by atoms with van der Waals surface area (Å²) in [6.07, 6.45) is 2.69. The minimum absolute atomic E-state index is 0.0362. The third kappa shape index (κ3) is 5.71. The van der Waals surface area contributed by atoms with Crippen molar-refractivity contribution in [2.45, 2.75) is 64.0 Å². The number of hydrogen-bond donors (Lipinski definition) is 3. The van der Waals surface area contributed by atoms with Gasteiger partial charge in [0.25, 0.3) is 0 Å². The predicted octanol–water partition coefficient (Wildman–Crippen LogP) is 1.41. The van der Waals surface area contributed by atoms with Crippen molar-refractivity contribution >= 4 is 17.9 Å². The van der Waals surface area contributed by atoms with E-state index in [1.807, 2.05) is 0 Å². The van der Waals surface area contributed by atoms with Crippen LogP contribution in [0.1, 0.15) is 52.4 Å². The van der Waals surface area contributed by atoms with Crippen LogP contribution in [0, 0.1) is 0 Å². The van der Waals surface area contributed by atoms with Crippen molar-refractivity contribution in [3.63, 3.8) is 0 Å². The Morgan fingerprint density at radius 3 is 2.48 bits per heavy atom. The van der Waals surface area contributed by atoms with Crippen LogP contribution in [-0.2, 0) is 14.3 Å². The van der Waals surface area contributed by atoms with Gasteiger partial charge in [0.2, 0.25) is 5.91 Å². The van der Waals surface area contributed by atoms with Crippen LogP contribution < -0.4 is 10.6 Å². The first-order valence-corrected chi connectivity index (χ1v) is 7.37. The number of hydrogen-bond acceptors (Lipinski definition) is 4. The van der Waals surface area contributed by atoms with Crippen molar-refractivity contribution < 1.29 is 24.2 Å². The lowest BCUT2D eigenvalue weighted by Crippen LogP contribution is -2.51. The van der Waals surface area contributed by atoms with Crippen molar-refractivity contribution in [3.05, 3.63) is 0 Å². The fourth-order valence-electron chi connectivity index (χ4n) is 2.52. The van der Waals surface area contributed by atoms with E-state index >= 15 is 0 Å². The molecule has 0 aromatic rings. The smallest absolute Gasteiger partial charge is 0.321 e. The second kappa shape index (κ2) is 7.97. The quantitative estimate of drug-likeness (QED) is 0.688. The van der Waals surface area contributed by atoms with Crippen LogP contribution in [0.5, 0.6) is 0 Å². The summed E-state index contributed by atoms with van der Waals surface area (Å²) in [5, 5.41) is 13.4. The molecule has 1 fully saturated rings. The summed E-state index contributed by atoms with van der Waals surface area (Å²) >= 11 is 0. The first-order valence-electron chi connectivity index (χ1n) is 7.37. The minimum Gasteiger partial charge on any atom is -0.481 e. The van der Waals surface area contributed by atoms with Crippen molar-refractivity contribution in [1.29, 1.82) is 0 Å². The van der Waals surface area contributed by atoms with E-state index in [-0.39, 0.29) is 24.5 Å².